The summed E-state index contributed by atoms with van der Waals surface area (Å²) in [5.41, 5.74) is 2.74. The van der Waals surface area contributed by atoms with Crippen LogP contribution in [0.4, 0.5) is 0 Å². The molecule has 2 aliphatic carbocycles. The number of aromatic nitrogens is 1. The number of nitrogens with one attached hydrogen (secondary N) is 2. The molecule has 2 N–H and O–H groups in total. The highest BCUT2D eigenvalue weighted by Gasteiger charge is 2.29. The number of thiazole rings is 1. The van der Waals surface area contributed by atoms with E-state index in [1.165, 1.54) is 11.3 Å². The molecule has 1 saturated carbocycles. The largest absolute Gasteiger partial charge is 0.344 e. The Morgan fingerprint density at radius 2 is 1.93 bits per heavy atom. The molecule has 2 aromatic rings. The zero-order valence-electron chi connectivity index (χ0n) is 16.1. The van der Waals surface area contributed by atoms with Crippen LogP contribution in [0.25, 0.3) is 0 Å². The molecule has 28 heavy (non-hydrogen) atoms. The third-order valence-electron chi connectivity index (χ3n) is 5.60. The predicted octanol–water partition coefficient (Wildman–Crippen LogP) is 3.40. The molecule has 1 aromatic carbocycles. The second-order valence-electron chi connectivity index (χ2n) is 7.68. The van der Waals surface area contributed by atoms with Gasteiger partial charge in [0.15, 0.2) is 0 Å². The summed E-state index contributed by atoms with van der Waals surface area (Å²) in [6.45, 7) is 3.72. The predicted molar refractivity (Wildman–Crippen MR) is 109 cm³/mol. The molecule has 2 aliphatic rings. The fourth-order valence-corrected chi connectivity index (χ4v) is 6.36. The van der Waals surface area contributed by atoms with Crippen LogP contribution in [-0.2, 0) is 16.4 Å². The molecule has 1 atom stereocenters. The van der Waals surface area contributed by atoms with Gasteiger partial charge in [0.05, 0.1) is 21.6 Å². The number of sulfonamides is 1. The van der Waals surface area contributed by atoms with Crippen LogP contribution >= 0.6 is 11.3 Å². The van der Waals surface area contributed by atoms with E-state index in [4.69, 9.17) is 0 Å². The maximum Gasteiger partial charge on any atom is 0.263 e. The maximum atomic E-state index is 12.8. The number of fused-ring (bicyclic) bond motifs is 1. The third kappa shape index (κ3) is 3.86. The van der Waals surface area contributed by atoms with Crippen LogP contribution in [0.2, 0.25) is 0 Å². The van der Waals surface area contributed by atoms with Crippen LogP contribution in [0.5, 0.6) is 0 Å². The number of nitrogens with zero attached hydrogens (tertiary/aromatic N) is 1. The summed E-state index contributed by atoms with van der Waals surface area (Å²) in [7, 11) is -3.54. The Bertz CT molecular complexity index is 1010. The van der Waals surface area contributed by atoms with E-state index in [0.717, 1.165) is 60.4 Å². The van der Waals surface area contributed by atoms with Crippen LogP contribution in [0, 0.1) is 13.8 Å². The number of hydrogen-bond donors (Lipinski definition) is 2. The van der Waals surface area contributed by atoms with Crippen molar-refractivity contribution in [3.8, 4) is 0 Å². The van der Waals surface area contributed by atoms with Crippen LogP contribution in [0.3, 0.4) is 0 Å². The Kier molecular flexibility index (Phi) is 5.28. The molecule has 150 valence electrons. The van der Waals surface area contributed by atoms with E-state index in [1.807, 2.05) is 19.9 Å². The van der Waals surface area contributed by atoms with Crippen molar-refractivity contribution < 1.29 is 13.2 Å². The highest BCUT2D eigenvalue weighted by atomic mass is 32.2. The molecule has 0 unspecified atom stereocenters. The second-order valence-corrected chi connectivity index (χ2v) is 10.6. The number of rotatable bonds is 5. The Balaban J connectivity index is 1.55. The first kappa shape index (κ1) is 19.5. The van der Waals surface area contributed by atoms with E-state index in [9.17, 15) is 13.2 Å². The van der Waals surface area contributed by atoms with Gasteiger partial charge in [-0.25, -0.2) is 18.1 Å². The number of amides is 1. The molecule has 1 amide bonds. The van der Waals surface area contributed by atoms with Gasteiger partial charge >= 0.3 is 0 Å². The minimum atomic E-state index is -3.54. The van der Waals surface area contributed by atoms with Crippen molar-refractivity contribution >= 4 is 27.3 Å². The standard InChI is InChI=1S/C20H25N3O3S2/c1-12-19(27-13(2)21-12)20(24)22-18-10-8-14-7-9-16(11-17(14)18)28(25,26)23-15-5-3-4-6-15/h7,9,11,15,18,23H,3-6,8,10H2,1-2H3,(H,22,24)/t18-/m1/s1. The van der Waals surface area contributed by atoms with Crippen LogP contribution in [-0.4, -0.2) is 25.4 Å². The molecule has 0 spiro atoms. The van der Waals surface area contributed by atoms with Gasteiger partial charge < -0.3 is 5.32 Å². The molecular weight excluding hydrogens is 394 g/mol. The molecule has 0 bridgehead atoms. The van der Waals surface area contributed by atoms with Gasteiger partial charge in [0.25, 0.3) is 5.91 Å². The van der Waals surface area contributed by atoms with Crippen LogP contribution in [0.15, 0.2) is 23.1 Å². The van der Waals surface area contributed by atoms with Crippen molar-refractivity contribution in [3.05, 3.63) is 44.9 Å². The molecule has 0 radical (unpaired) electrons. The van der Waals surface area contributed by atoms with Crippen molar-refractivity contribution in [1.82, 2.24) is 15.0 Å². The smallest absolute Gasteiger partial charge is 0.263 e. The summed E-state index contributed by atoms with van der Waals surface area (Å²) in [5.74, 6) is -0.140. The Morgan fingerprint density at radius 1 is 1.18 bits per heavy atom. The number of carbonyl (C=O) groups excluding carboxylic acids is 1. The van der Waals surface area contributed by atoms with E-state index in [2.05, 4.69) is 15.0 Å². The first-order chi connectivity index (χ1) is 13.3. The lowest BCUT2D eigenvalue weighted by Crippen LogP contribution is -2.33. The van der Waals surface area contributed by atoms with E-state index >= 15 is 0 Å². The Labute approximate surface area is 169 Å². The second kappa shape index (κ2) is 7.57. The molecular formula is C20H25N3O3S2. The third-order valence-corrected chi connectivity index (χ3v) is 8.19. The minimum absolute atomic E-state index is 0.0336. The zero-order valence-corrected chi connectivity index (χ0v) is 17.8. The summed E-state index contributed by atoms with van der Waals surface area (Å²) >= 11 is 1.38. The van der Waals surface area contributed by atoms with Gasteiger partial charge in [-0.3, -0.25) is 4.79 Å². The van der Waals surface area contributed by atoms with Crippen molar-refractivity contribution in [1.29, 1.82) is 0 Å². The normalized spacial score (nSPS) is 19.7. The lowest BCUT2D eigenvalue weighted by atomic mass is 10.1. The first-order valence-corrected chi connectivity index (χ1v) is 12.0. The summed E-state index contributed by atoms with van der Waals surface area (Å²) in [6, 6.07) is 5.15. The first-order valence-electron chi connectivity index (χ1n) is 9.73. The number of hydrogen-bond acceptors (Lipinski definition) is 5. The average Bonchev–Trinajstić information content (AvgIpc) is 3.35. The summed E-state index contributed by atoms with van der Waals surface area (Å²) in [6.07, 6.45) is 5.55. The zero-order chi connectivity index (χ0) is 19.9. The minimum Gasteiger partial charge on any atom is -0.344 e. The highest BCUT2D eigenvalue weighted by Crippen LogP contribution is 2.34. The molecule has 4 rings (SSSR count). The van der Waals surface area contributed by atoms with Gasteiger partial charge in [0.1, 0.15) is 4.88 Å². The van der Waals surface area contributed by atoms with Gasteiger partial charge in [-0.15, -0.1) is 11.3 Å². The summed E-state index contributed by atoms with van der Waals surface area (Å²) in [4.78, 5) is 17.9. The molecule has 1 aromatic heterocycles. The SMILES string of the molecule is Cc1nc(C)c(C(=O)N[C@@H]2CCc3ccc(S(=O)(=O)NC4CCCC4)cc32)s1. The number of benzene rings is 1. The van der Waals surface area contributed by atoms with Crippen LogP contribution < -0.4 is 10.0 Å². The summed E-state index contributed by atoms with van der Waals surface area (Å²) < 4.78 is 28.4. The van der Waals surface area contributed by atoms with Crippen molar-refractivity contribution in [2.45, 2.75) is 69.4 Å². The molecule has 1 heterocycles. The Morgan fingerprint density at radius 3 is 2.61 bits per heavy atom. The lowest BCUT2D eigenvalue weighted by Gasteiger charge is -2.16. The molecule has 6 nitrogen and oxygen atoms in total. The van der Waals surface area contributed by atoms with E-state index in [0.29, 0.717) is 4.88 Å². The molecule has 0 aliphatic heterocycles. The molecule has 8 heteroatoms. The molecule has 0 saturated heterocycles. The van der Waals surface area contributed by atoms with Crippen molar-refractivity contribution in [3.63, 3.8) is 0 Å². The number of carbonyl (C=O) groups is 1. The quantitative estimate of drug-likeness (QED) is 0.777. The van der Waals surface area contributed by atoms with Gasteiger partial charge in [0, 0.05) is 6.04 Å². The fourth-order valence-electron chi connectivity index (χ4n) is 4.19. The maximum absolute atomic E-state index is 12.8. The van der Waals surface area contributed by atoms with Gasteiger partial charge in [-0.2, -0.15) is 0 Å². The number of aryl methyl sites for hydroxylation is 3. The van der Waals surface area contributed by atoms with Crippen molar-refractivity contribution in [2.24, 2.45) is 0 Å². The van der Waals surface area contributed by atoms with Gasteiger partial charge in [-0.05, 0) is 62.8 Å². The average molecular weight is 420 g/mol. The molecule has 1 fully saturated rings. The highest BCUT2D eigenvalue weighted by molar-refractivity contribution is 7.89. The Hall–Kier alpha value is -1.77. The fraction of sp³-hybridized carbons (Fsp3) is 0.500. The van der Waals surface area contributed by atoms with E-state index in [-0.39, 0.29) is 22.9 Å². The van der Waals surface area contributed by atoms with Crippen molar-refractivity contribution in [2.75, 3.05) is 0 Å². The topological polar surface area (TPSA) is 88.2 Å². The van der Waals surface area contributed by atoms with Gasteiger partial charge in [0.2, 0.25) is 10.0 Å². The van der Waals surface area contributed by atoms with E-state index < -0.39 is 10.0 Å². The monoisotopic (exact) mass is 419 g/mol. The van der Waals surface area contributed by atoms with Gasteiger partial charge in [-0.1, -0.05) is 18.9 Å². The summed E-state index contributed by atoms with van der Waals surface area (Å²) in [5, 5.41) is 3.94. The van der Waals surface area contributed by atoms with E-state index in [1.54, 1.807) is 12.1 Å². The van der Waals surface area contributed by atoms with Crippen LogP contribution in [0.1, 0.15) is 69.6 Å². The lowest BCUT2D eigenvalue weighted by molar-refractivity contribution is 0.0940.